The van der Waals surface area contributed by atoms with Gasteiger partial charge in [-0.3, -0.25) is 14.5 Å². The summed E-state index contributed by atoms with van der Waals surface area (Å²) in [6.07, 6.45) is 7.17. The van der Waals surface area contributed by atoms with Crippen LogP contribution in [0.5, 0.6) is 0 Å². The summed E-state index contributed by atoms with van der Waals surface area (Å²) in [5, 5.41) is 0. The van der Waals surface area contributed by atoms with Crippen molar-refractivity contribution < 1.29 is 14.3 Å². The zero-order chi connectivity index (χ0) is 15.2. The molecule has 0 bridgehead atoms. The van der Waals surface area contributed by atoms with E-state index in [1.807, 2.05) is 14.0 Å². The maximum atomic E-state index is 12.3. The highest BCUT2D eigenvalue weighted by molar-refractivity contribution is 5.80. The van der Waals surface area contributed by atoms with Gasteiger partial charge in [0.15, 0.2) is 0 Å². The van der Waals surface area contributed by atoms with Crippen LogP contribution >= 0.6 is 0 Å². The average molecular weight is 294 g/mol. The van der Waals surface area contributed by atoms with Gasteiger partial charge in [-0.1, -0.05) is 6.08 Å². The molecule has 0 spiro atoms. The summed E-state index contributed by atoms with van der Waals surface area (Å²) in [5.74, 6) is -0.0864. The van der Waals surface area contributed by atoms with E-state index in [1.165, 1.54) is 0 Å². The molecule has 0 N–H and O–H groups in total. The standard InChI is InChI=1S/C16H26N2O3/c1-3-21-16(20)13-7-6-10-18(11-13)12-15(19)17(2)14-8-4-5-9-14/h8,13H,3-7,9-12H2,1-2H3. The van der Waals surface area contributed by atoms with Crippen LogP contribution < -0.4 is 0 Å². The number of piperidine rings is 1. The molecule has 1 amide bonds. The molecule has 1 atom stereocenters. The molecule has 0 radical (unpaired) electrons. The first kappa shape index (κ1) is 16.0. The predicted octanol–water partition coefficient (Wildman–Crippen LogP) is 1.79. The van der Waals surface area contributed by atoms with E-state index in [-0.39, 0.29) is 17.8 Å². The third kappa shape index (κ3) is 4.30. The van der Waals surface area contributed by atoms with Gasteiger partial charge in [-0.15, -0.1) is 0 Å². The molecule has 2 rings (SSSR count). The minimum atomic E-state index is -0.124. The number of hydrogen-bond donors (Lipinski definition) is 0. The Bertz CT molecular complexity index is 420. The second-order valence-corrected chi connectivity index (χ2v) is 5.87. The van der Waals surface area contributed by atoms with Gasteiger partial charge in [0.05, 0.1) is 19.1 Å². The van der Waals surface area contributed by atoms with Crippen LogP contribution in [0.1, 0.15) is 39.0 Å². The molecule has 118 valence electrons. The fraction of sp³-hybridized carbons (Fsp3) is 0.750. The minimum absolute atomic E-state index is 0.0810. The zero-order valence-corrected chi connectivity index (χ0v) is 13.1. The molecule has 0 aromatic heterocycles. The second kappa shape index (κ2) is 7.59. The van der Waals surface area contributed by atoms with Crippen LogP contribution in [0.25, 0.3) is 0 Å². The van der Waals surface area contributed by atoms with Gasteiger partial charge in [-0.05, 0) is 45.6 Å². The van der Waals surface area contributed by atoms with E-state index in [0.717, 1.165) is 44.3 Å². The highest BCUT2D eigenvalue weighted by atomic mass is 16.5. The van der Waals surface area contributed by atoms with E-state index < -0.39 is 0 Å². The van der Waals surface area contributed by atoms with Crippen LogP contribution in [0.3, 0.4) is 0 Å². The Hall–Kier alpha value is -1.36. The second-order valence-electron chi connectivity index (χ2n) is 5.87. The number of carbonyl (C=O) groups excluding carboxylic acids is 2. The maximum Gasteiger partial charge on any atom is 0.310 e. The van der Waals surface area contributed by atoms with Crippen molar-refractivity contribution in [2.45, 2.75) is 39.0 Å². The van der Waals surface area contributed by atoms with E-state index in [4.69, 9.17) is 4.74 Å². The van der Waals surface area contributed by atoms with Crippen LogP contribution in [-0.2, 0) is 14.3 Å². The number of nitrogens with zero attached hydrogens (tertiary/aromatic N) is 2. The smallest absolute Gasteiger partial charge is 0.310 e. The number of hydrogen-bond acceptors (Lipinski definition) is 4. The van der Waals surface area contributed by atoms with Gasteiger partial charge in [-0.25, -0.2) is 0 Å². The highest BCUT2D eigenvalue weighted by Crippen LogP contribution is 2.21. The van der Waals surface area contributed by atoms with Gasteiger partial charge in [0.25, 0.3) is 0 Å². The van der Waals surface area contributed by atoms with E-state index in [2.05, 4.69) is 11.0 Å². The SMILES string of the molecule is CCOC(=O)C1CCCN(CC(=O)N(C)C2=CCCC2)C1. The molecule has 1 unspecified atom stereocenters. The Labute approximate surface area is 126 Å². The first-order valence-corrected chi connectivity index (χ1v) is 7.96. The molecule has 0 saturated carbocycles. The molecule has 5 heteroatoms. The largest absolute Gasteiger partial charge is 0.466 e. The Balaban J connectivity index is 1.84. The molecule has 1 heterocycles. The van der Waals surface area contributed by atoms with Crippen LogP contribution in [0.15, 0.2) is 11.8 Å². The number of likely N-dealkylation sites (N-methyl/N-ethyl adjacent to an activating group) is 1. The molecule has 0 aromatic rings. The Morgan fingerprint density at radius 3 is 2.90 bits per heavy atom. The summed E-state index contributed by atoms with van der Waals surface area (Å²) in [6.45, 7) is 4.16. The van der Waals surface area contributed by atoms with Gasteiger partial charge < -0.3 is 9.64 Å². The number of rotatable bonds is 5. The lowest BCUT2D eigenvalue weighted by Gasteiger charge is -2.32. The van der Waals surface area contributed by atoms with Crippen molar-refractivity contribution in [2.24, 2.45) is 5.92 Å². The van der Waals surface area contributed by atoms with Crippen molar-refractivity contribution in [2.75, 3.05) is 33.3 Å². The van der Waals surface area contributed by atoms with E-state index in [0.29, 0.717) is 19.7 Å². The molecular formula is C16H26N2O3. The number of esters is 1. The Morgan fingerprint density at radius 2 is 2.24 bits per heavy atom. The first-order valence-electron chi connectivity index (χ1n) is 7.96. The van der Waals surface area contributed by atoms with Crippen molar-refractivity contribution in [1.29, 1.82) is 0 Å². The van der Waals surface area contributed by atoms with Crippen LogP contribution in [0.2, 0.25) is 0 Å². The molecule has 0 aromatic carbocycles. The molecular weight excluding hydrogens is 268 g/mol. The van der Waals surface area contributed by atoms with Crippen LogP contribution in [-0.4, -0.2) is 55.0 Å². The van der Waals surface area contributed by atoms with Gasteiger partial charge in [0.2, 0.25) is 5.91 Å². The molecule has 21 heavy (non-hydrogen) atoms. The molecule has 1 aliphatic heterocycles. The summed E-state index contributed by atoms with van der Waals surface area (Å²) < 4.78 is 5.09. The molecule has 5 nitrogen and oxygen atoms in total. The van der Waals surface area contributed by atoms with Gasteiger partial charge in [0, 0.05) is 19.3 Å². The summed E-state index contributed by atoms with van der Waals surface area (Å²) in [7, 11) is 1.85. The molecule has 2 aliphatic rings. The average Bonchev–Trinajstić information content (AvgIpc) is 3.01. The van der Waals surface area contributed by atoms with Crippen molar-refractivity contribution in [3.8, 4) is 0 Å². The van der Waals surface area contributed by atoms with Gasteiger partial charge in [-0.2, -0.15) is 0 Å². The third-order valence-electron chi connectivity index (χ3n) is 4.31. The number of ether oxygens (including phenoxy) is 1. The number of allylic oxidation sites excluding steroid dienone is 2. The lowest BCUT2D eigenvalue weighted by molar-refractivity contribution is -0.150. The Kier molecular flexibility index (Phi) is 5.79. The summed E-state index contributed by atoms with van der Waals surface area (Å²) in [5.41, 5.74) is 1.14. The number of carbonyl (C=O) groups is 2. The third-order valence-corrected chi connectivity index (χ3v) is 4.31. The Morgan fingerprint density at radius 1 is 1.43 bits per heavy atom. The van der Waals surface area contributed by atoms with E-state index >= 15 is 0 Å². The summed E-state index contributed by atoms with van der Waals surface area (Å²) in [4.78, 5) is 28.0. The van der Waals surface area contributed by atoms with Crippen molar-refractivity contribution in [1.82, 2.24) is 9.80 Å². The minimum Gasteiger partial charge on any atom is -0.466 e. The lowest BCUT2D eigenvalue weighted by atomic mass is 9.98. The fourth-order valence-corrected chi connectivity index (χ4v) is 3.07. The van der Waals surface area contributed by atoms with Gasteiger partial charge in [0.1, 0.15) is 0 Å². The summed E-state index contributed by atoms with van der Waals surface area (Å²) >= 11 is 0. The van der Waals surface area contributed by atoms with Gasteiger partial charge >= 0.3 is 5.97 Å². The number of amides is 1. The number of likely N-dealkylation sites (tertiary alicyclic amines) is 1. The monoisotopic (exact) mass is 294 g/mol. The van der Waals surface area contributed by atoms with Crippen molar-refractivity contribution in [3.05, 3.63) is 11.8 Å². The van der Waals surface area contributed by atoms with Crippen molar-refractivity contribution >= 4 is 11.9 Å². The van der Waals surface area contributed by atoms with E-state index in [9.17, 15) is 9.59 Å². The molecule has 1 saturated heterocycles. The predicted molar refractivity (Wildman–Crippen MR) is 80.5 cm³/mol. The van der Waals surface area contributed by atoms with E-state index in [1.54, 1.807) is 4.90 Å². The topological polar surface area (TPSA) is 49.9 Å². The lowest BCUT2D eigenvalue weighted by Crippen LogP contribution is -2.44. The zero-order valence-electron chi connectivity index (χ0n) is 13.1. The quantitative estimate of drug-likeness (QED) is 0.725. The fourth-order valence-electron chi connectivity index (χ4n) is 3.07. The van der Waals surface area contributed by atoms with Crippen molar-refractivity contribution in [3.63, 3.8) is 0 Å². The summed E-state index contributed by atoms with van der Waals surface area (Å²) in [6, 6.07) is 0. The maximum absolute atomic E-state index is 12.3. The molecule has 1 aliphatic carbocycles. The van der Waals surface area contributed by atoms with Crippen LogP contribution in [0, 0.1) is 5.92 Å². The normalized spacial score (nSPS) is 22.8. The first-order chi connectivity index (χ1) is 10.1. The van der Waals surface area contributed by atoms with Crippen LogP contribution in [0.4, 0.5) is 0 Å². The highest BCUT2D eigenvalue weighted by Gasteiger charge is 2.28. The molecule has 1 fully saturated rings.